The highest BCUT2D eigenvalue weighted by atomic mass is 32.2. The van der Waals surface area contributed by atoms with Gasteiger partial charge in [-0.05, 0) is 37.5 Å². The zero-order valence-electron chi connectivity index (χ0n) is 11.8. The predicted octanol–water partition coefficient (Wildman–Crippen LogP) is 2.51. The summed E-state index contributed by atoms with van der Waals surface area (Å²) in [5.41, 5.74) is 0.704. The molecule has 6 nitrogen and oxygen atoms in total. The zero-order valence-corrected chi connectivity index (χ0v) is 12.6. The number of nitro benzene ring substituents is 1. The molecule has 0 aliphatic carbocycles. The first-order chi connectivity index (χ1) is 9.49. The highest BCUT2D eigenvalue weighted by Gasteiger charge is 2.16. The number of hydrogen-bond acceptors (Lipinski definition) is 5. The number of hydrogen-bond donors (Lipinski definition) is 2. The fraction of sp³-hybridized carbons (Fsp3) is 0.462. The molecule has 0 aromatic heterocycles. The monoisotopic (exact) mass is 297 g/mol. The molecule has 1 amide bonds. The topological polar surface area (TPSA) is 84.3 Å². The van der Waals surface area contributed by atoms with Gasteiger partial charge in [-0.1, -0.05) is 0 Å². The molecule has 1 unspecified atom stereocenters. The Morgan fingerprint density at radius 2 is 2.20 bits per heavy atom. The third kappa shape index (κ3) is 4.41. The van der Waals surface area contributed by atoms with Gasteiger partial charge in [0.1, 0.15) is 5.69 Å². The van der Waals surface area contributed by atoms with Crippen molar-refractivity contribution in [2.24, 2.45) is 0 Å². The standard InChI is InChI=1S/C13H19N3O3S/c1-9(6-7-20-3)15-13(17)10-4-5-12(16(18)19)11(8-10)14-2/h4-5,8-9,14H,6-7H2,1-3H3,(H,15,17). The minimum atomic E-state index is -0.478. The maximum Gasteiger partial charge on any atom is 0.292 e. The summed E-state index contributed by atoms with van der Waals surface area (Å²) in [6, 6.07) is 4.38. The Kier molecular flexibility index (Phi) is 6.30. The van der Waals surface area contributed by atoms with Crippen molar-refractivity contribution in [3.05, 3.63) is 33.9 Å². The van der Waals surface area contributed by atoms with Crippen LogP contribution in [0.5, 0.6) is 0 Å². The molecule has 110 valence electrons. The van der Waals surface area contributed by atoms with Crippen LogP contribution in [-0.2, 0) is 0 Å². The van der Waals surface area contributed by atoms with Crippen LogP contribution in [0.25, 0.3) is 0 Å². The first kappa shape index (κ1) is 16.3. The lowest BCUT2D eigenvalue weighted by molar-refractivity contribution is -0.383. The van der Waals surface area contributed by atoms with Crippen LogP contribution in [0, 0.1) is 10.1 Å². The van der Waals surface area contributed by atoms with Gasteiger partial charge >= 0.3 is 0 Å². The number of thioether (sulfide) groups is 1. The molecule has 1 atom stereocenters. The van der Waals surface area contributed by atoms with E-state index in [4.69, 9.17) is 0 Å². The molecule has 0 aliphatic heterocycles. The Morgan fingerprint density at radius 3 is 2.75 bits per heavy atom. The van der Waals surface area contributed by atoms with Crippen LogP contribution < -0.4 is 10.6 Å². The smallest absolute Gasteiger partial charge is 0.292 e. The van der Waals surface area contributed by atoms with Crippen LogP contribution >= 0.6 is 11.8 Å². The summed E-state index contributed by atoms with van der Waals surface area (Å²) < 4.78 is 0. The summed E-state index contributed by atoms with van der Waals surface area (Å²) in [5, 5.41) is 16.4. The SMILES string of the molecule is CNc1cc(C(=O)NC(C)CCSC)ccc1[N+](=O)[O-]. The number of carbonyl (C=O) groups is 1. The minimum Gasteiger partial charge on any atom is -0.383 e. The lowest BCUT2D eigenvalue weighted by atomic mass is 10.1. The Labute approximate surface area is 122 Å². The summed E-state index contributed by atoms with van der Waals surface area (Å²) in [6.45, 7) is 1.94. The Morgan fingerprint density at radius 1 is 1.50 bits per heavy atom. The van der Waals surface area contributed by atoms with Gasteiger partial charge in [-0.2, -0.15) is 11.8 Å². The van der Waals surface area contributed by atoms with E-state index in [1.165, 1.54) is 18.2 Å². The van der Waals surface area contributed by atoms with Gasteiger partial charge in [0.2, 0.25) is 0 Å². The van der Waals surface area contributed by atoms with Crippen LogP contribution in [-0.4, -0.2) is 35.9 Å². The molecule has 0 aliphatic rings. The summed E-state index contributed by atoms with van der Waals surface area (Å²) >= 11 is 1.73. The van der Waals surface area contributed by atoms with Crippen LogP contribution in [0.2, 0.25) is 0 Å². The van der Waals surface area contributed by atoms with Crippen molar-refractivity contribution >= 4 is 29.0 Å². The highest BCUT2D eigenvalue weighted by molar-refractivity contribution is 7.98. The molecule has 0 saturated carbocycles. The Bertz CT molecular complexity index is 494. The third-order valence-electron chi connectivity index (χ3n) is 2.86. The summed E-state index contributed by atoms with van der Waals surface area (Å²) in [5.74, 6) is 0.758. The molecule has 0 radical (unpaired) electrons. The molecule has 0 saturated heterocycles. The van der Waals surface area contributed by atoms with E-state index in [9.17, 15) is 14.9 Å². The number of carbonyl (C=O) groups excluding carboxylic acids is 1. The molecule has 1 aromatic rings. The number of benzene rings is 1. The first-order valence-electron chi connectivity index (χ1n) is 6.25. The van der Waals surface area contributed by atoms with Gasteiger partial charge in [-0.3, -0.25) is 14.9 Å². The third-order valence-corrected chi connectivity index (χ3v) is 3.50. The van der Waals surface area contributed by atoms with Gasteiger partial charge < -0.3 is 10.6 Å². The van der Waals surface area contributed by atoms with E-state index >= 15 is 0 Å². The largest absolute Gasteiger partial charge is 0.383 e. The van der Waals surface area contributed by atoms with E-state index in [-0.39, 0.29) is 17.6 Å². The van der Waals surface area contributed by atoms with Gasteiger partial charge in [0.05, 0.1) is 4.92 Å². The molecular formula is C13H19N3O3S. The van der Waals surface area contributed by atoms with Crippen molar-refractivity contribution in [3.8, 4) is 0 Å². The van der Waals surface area contributed by atoms with Crippen LogP contribution in [0.3, 0.4) is 0 Å². The zero-order chi connectivity index (χ0) is 15.1. The Hall–Kier alpha value is -1.76. The Balaban J connectivity index is 2.81. The highest BCUT2D eigenvalue weighted by Crippen LogP contribution is 2.24. The molecule has 7 heteroatoms. The van der Waals surface area contributed by atoms with Crippen LogP contribution in [0.4, 0.5) is 11.4 Å². The molecule has 0 heterocycles. The van der Waals surface area contributed by atoms with Gasteiger partial charge in [0, 0.05) is 24.7 Å². The molecule has 2 N–H and O–H groups in total. The normalized spacial score (nSPS) is 11.8. The van der Waals surface area contributed by atoms with Gasteiger partial charge in [-0.25, -0.2) is 0 Å². The van der Waals surface area contributed by atoms with Crippen molar-refractivity contribution in [1.82, 2.24) is 5.32 Å². The number of nitro groups is 1. The average Bonchev–Trinajstić information content (AvgIpc) is 2.44. The summed E-state index contributed by atoms with van der Waals surface area (Å²) in [6.07, 6.45) is 2.91. The second-order valence-corrected chi connectivity index (χ2v) is 5.38. The summed E-state index contributed by atoms with van der Waals surface area (Å²) in [4.78, 5) is 22.4. The van der Waals surface area contributed by atoms with Crippen molar-refractivity contribution in [3.63, 3.8) is 0 Å². The quantitative estimate of drug-likeness (QED) is 0.596. The van der Waals surface area contributed by atoms with E-state index in [1.54, 1.807) is 18.8 Å². The fourth-order valence-corrected chi connectivity index (χ4v) is 2.30. The van der Waals surface area contributed by atoms with E-state index in [0.717, 1.165) is 12.2 Å². The number of nitrogens with zero attached hydrogens (tertiary/aromatic N) is 1. The lowest BCUT2D eigenvalue weighted by Gasteiger charge is -2.13. The number of rotatable bonds is 7. The van der Waals surface area contributed by atoms with E-state index in [0.29, 0.717) is 11.3 Å². The second-order valence-electron chi connectivity index (χ2n) is 4.40. The second kappa shape index (κ2) is 7.74. The maximum absolute atomic E-state index is 12.1. The molecule has 1 rings (SSSR count). The molecule has 0 spiro atoms. The maximum atomic E-state index is 12.1. The van der Waals surface area contributed by atoms with E-state index in [1.807, 2.05) is 13.2 Å². The number of amides is 1. The molecule has 0 bridgehead atoms. The predicted molar refractivity (Wildman–Crippen MR) is 82.6 cm³/mol. The summed E-state index contributed by atoms with van der Waals surface area (Å²) in [7, 11) is 1.59. The first-order valence-corrected chi connectivity index (χ1v) is 7.65. The molecule has 20 heavy (non-hydrogen) atoms. The molecule has 0 fully saturated rings. The van der Waals surface area contributed by atoms with Crippen LogP contribution in [0.1, 0.15) is 23.7 Å². The minimum absolute atomic E-state index is 0.0421. The van der Waals surface area contributed by atoms with Crippen LogP contribution in [0.15, 0.2) is 18.2 Å². The van der Waals surface area contributed by atoms with Crippen molar-refractivity contribution in [2.45, 2.75) is 19.4 Å². The van der Waals surface area contributed by atoms with Crippen molar-refractivity contribution in [2.75, 3.05) is 24.4 Å². The fourth-order valence-electron chi connectivity index (χ4n) is 1.71. The number of nitrogens with one attached hydrogen (secondary N) is 2. The van der Waals surface area contributed by atoms with Gasteiger partial charge in [0.15, 0.2) is 0 Å². The molecular weight excluding hydrogens is 278 g/mol. The van der Waals surface area contributed by atoms with Gasteiger partial charge in [0.25, 0.3) is 11.6 Å². The van der Waals surface area contributed by atoms with Gasteiger partial charge in [-0.15, -0.1) is 0 Å². The van der Waals surface area contributed by atoms with E-state index in [2.05, 4.69) is 10.6 Å². The van der Waals surface area contributed by atoms with Crippen molar-refractivity contribution in [1.29, 1.82) is 0 Å². The van der Waals surface area contributed by atoms with Crippen molar-refractivity contribution < 1.29 is 9.72 Å². The number of anilines is 1. The average molecular weight is 297 g/mol. The molecule has 1 aromatic carbocycles. The van der Waals surface area contributed by atoms with E-state index < -0.39 is 4.92 Å². The lowest BCUT2D eigenvalue weighted by Crippen LogP contribution is -2.32.